The molecule has 0 amide bonds. The lowest BCUT2D eigenvalue weighted by molar-refractivity contribution is 0.0797. The lowest BCUT2D eigenvalue weighted by Crippen LogP contribution is -2.22. The highest BCUT2D eigenvalue weighted by Crippen LogP contribution is 2.39. The van der Waals surface area contributed by atoms with Gasteiger partial charge in [0.25, 0.3) is 12.0 Å². The van der Waals surface area contributed by atoms with Gasteiger partial charge in [0.1, 0.15) is 0 Å². The molecule has 0 aliphatic heterocycles. The number of alkyl halides is 2. The predicted octanol–water partition coefficient (Wildman–Crippen LogP) is 4.86. The molecule has 0 bridgehead atoms. The quantitative estimate of drug-likeness (QED) is 0.352. The van der Waals surface area contributed by atoms with Crippen LogP contribution < -0.4 is 10.3 Å². The molecule has 6 rings (SSSR count). The van der Waals surface area contributed by atoms with Gasteiger partial charge in [0.2, 0.25) is 5.88 Å². The number of aryl methyl sites for hydroxylation is 1. The summed E-state index contributed by atoms with van der Waals surface area (Å²) in [5.41, 5.74) is 3.63. The number of aromatic nitrogens is 5. The number of halogens is 2. The van der Waals surface area contributed by atoms with E-state index in [-0.39, 0.29) is 11.4 Å². The van der Waals surface area contributed by atoms with Crippen molar-refractivity contribution in [3.05, 3.63) is 77.0 Å². The van der Waals surface area contributed by atoms with E-state index in [2.05, 4.69) is 15.1 Å². The van der Waals surface area contributed by atoms with Crippen molar-refractivity contribution >= 4 is 21.9 Å². The average Bonchev–Trinajstić information content (AvgIpc) is 3.63. The Morgan fingerprint density at radius 1 is 1.09 bits per heavy atom. The molecule has 5 aromatic rings. The van der Waals surface area contributed by atoms with E-state index in [0.717, 1.165) is 35.0 Å². The van der Waals surface area contributed by atoms with Crippen molar-refractivity contribution in [2.24, 2.45) is 7.05 Å². The van der Waals surface area contributed by atoms with Crippen molar-refractivity contribution in [2.45, 2.75) is 25.2 Å². The zero-order valence-corrected chi connectivity index (χ0v) is 18.9. The van der Waals surface area contributed by atoms with E-state index in [1.54, 1.807) is 23.0 Å². The van der Waals surface area contributed by atoms with Gasteiger partial charge in [0, 0.05) is 47.3 Å². The van der Waals surface area contributed by atoms with Crippen molar-refractivity contribution in [3.8, 4) is 22.7 Å². The minimum atomic E-state index is -2.63. The van der Waals surface area contributed by atoms with Crippen LogP contribution in [0.4, 0.5) is 8.78 Å². The fourth-order valence-corrected chi connectivity index (χ4v) is 4.31. The molecule has 1 aromatic carbocycles. The molecule has 0 atom stereocenters. The summed E-state index contributed by atoms with van der Waals surface area (Å²) in [4.78, 5) is 22.8. The lowest BCUT2D eigenvalue weighted by atomic mass is 10.0. The monoisotopic (exact) mass is 473 g/mol. The molecule has 7 nitrogen and oxygen atoms in total. The maximum atomic E-state index is 13.8. The zero-order chi connectivity index (χ0) is 24.1. The Kier molecular flexibility index (Phi) is 5.05. The van der Waals surface area contributed by atoms with Gasteiger partial charge in [-0.2, -0.15) is 10.1 Å². The molecule has 4 aromatic heterocycles. The summed E-state index contributed by atoms with van der Waals surface area (Å²) in [5.74, 6) is 0.501. The van der Waals surface area contributed by atoms with Crippen LogP contribution >= 0.6 is 0 Å². The summed E-state index contributed by atoms with van der Waals surface area (Å²) in [6.07, 6.45) is 3.17. The maximum absolute atomic E-state index is 13.8. The number of fused-ring (bicyclic) bond motifs is 2. The van der Waals surface area contributed by atoms with Crippen molar-refractivity contribution in [3.63, 3.8) is 0 Å². The van der Waals surface area contributed by atoms with Crippen molar-refractivity contribution in [1.29, 1.82) is 0 Å². The van der Waals surface area contributed by atoms with Crippen LogP contribution in [0.1, 0.15) is 24.5 Å². The molecule has 9 heteroatoms. The SMILES string of the molecule is Cn1cc2cc(-c3cc4ccc(OCC(F)F)nc4n(-c4ccc(C5CC5)nc4)c3=O)ccc2n1. The number of hydrogen-bond acceptors (Lipinski definition) is 5. The van der Waals surface area contributed by atoms with E-state index in [1.807, 2.05) is 43.6 Å². The molecule has 4 heterocycles. The van der Waals surface area contributed by atoms with Crippen LogP contribution in [-0.2, 0) is 7.05 Å². The van der Waals surface area contributed by atoms with E-state index >= 15 is 0 Å². The highest BCUT2D eigenvalue weighted by Gasteiger charge is 2.25. The summed E-state index contributed by atoms with van der Waals surface area (Å²) in [6, 6.07) is 14.5. The maximum Gasteiger partial charge on any atom is 0.272 e. The largest absolute Gasteiger partial charge is 0.472 e. The Labute approximate surface area is 198 Å². The molecular formula is C26H21F2N5O2. The third-order valence-corrected chi connectivity index (χ3v) is 6.14. The molecule has 176 valence electrons. The van der Waals surface area contributed by atoms with Crippen molar-refractivity contribution in [2.75, 3.05) is 6.61 Å². The van der Waals surface area contributed by atoms with Crippen LogP contribution in [0.15, 0.2) is 65.7 Å². The third kappa shape index (κ3) is 4.03. The Balaban J connectivity index is 1.55. The van der Waals surface area contributed by atoms with Gasteiger partial charge in [-0.1, -0.05) is 6.07 Å². The topological polar surface area (TPSA) is 74.8 Å². The third-order valence-electron chi connectivity index (χ3n) is 6.14. The molecule has 0 spiro atoms. The summed E-state index contributed by atoms with van der Waals surface area (Å²) in [6.45, 7) is -0.774. The Bertz CT molecular complexity index is 1620. The molecule has 35 heavy (non-hydrogen) atoms. The van der Waals surface area contributed by atoms with Gasteiger partial charge in [-0.05, 0) is 54.8 Å². The van der Waals surface area contributed by atoms with Crippen LogP contribution in [0.25, 0.3) is 38.8 Å². The second-order valence-corrected chi connectivity index (χ2v) is 8.75. The summed E-state index contributed by atoms with van der Waals surface area (Å²) < 4.78 is 33.7. The van der Waals surface area contributed by atoms with E-state index in [0.29, 0.717) is 28.2 Å². The molecule has 0 saturated heterocycles. The van der Waals surface area contributed by atoms with Gasteiger partial charge in [0.05, 0.1) is 17.4 Å². The Hall–Kier alpha value is -4.14. The number of benzene rings is 1. The van der Waals surface area contributed by atoms with Crippen LogP contribution in [-0.4, -0.2) is 37.3 Å². The van der Waals surface area contributed by atoms with Gasteiger partial charge in [0.15, 0.2) is 12.3 Å². The normalized spacial score (nSPS) is 13.7. The molecule has 1 fully saturated rings. The Morgan fingerprint density at radius 3 is 2.69 bits per heavy atom. The second-order valence-electron chi connectivity index (χ2n) is 8.75. The van der Waals surface area contributed by atoms with Crippen LogP contribution in [0, 0.1) is 0 Å². The smallest absolute Gasteiger partial charge is 0.272 e. The van der Waals surface area contributed by atoms with Crippen molar-refractivity contribution in [1.82, 2.24) is 24.3 Å². The predicted molar refractivity (Wildman–Crippen MR) is 128 cm³/mol. The number of hydrogen-bond donors (Lipinski definition) is 0. The summed E-state index contributed by atoms with van der Waals surface area (Å²) >= 11 is 0. The van der Waals surface area contributed by atoms with E-state index in [1.165, 1.54) is 10.6 Å². The number of ether oxygens (including phenoxy) is 1. The van der Waals surface area contributed by atoms with Gasteiger partial charge in [-0.25, -0.2) is 8.78 Å². The van der Waals surface area contributed by atoms with Gasteiger partial charge in [-0.3, -0.25) is 19.0 Å². The van der Waals surface area contributed by atoms with E-state index in [9.17, 15) is 13.6 Å². The molecule has 0 unspecified atom stereocenters. The highest BCUT2D eigenvalue weighted by molar-refractivity contribution is 5.88. The minimum absolute atomic E-state index is 0.0260. The number of nitrogens with zero attached hydrogens (tertiary/aromatic N) is 5. The first-order chi connectivity index (χ1) is 17.0. The first kappa shape index (κ1) is 21.4. The second kappa shape index (κ2) is 8.26. The first-order valence-corrected chi connectivity index (χ1v) is 11.3. The fourth-order valence-electron chi connectivity index (χ4n) is 4.31. The van der Waals surface area contributed by atoms with Crippen LogP contribution in [0.5, 0.6) is 5.88 Å². The summed E-state index contributed by atoms with van der Waals surface area (Å²) in [5, 5.41) is 5.99. The first-order valence-electron chi connectivity index (χ1n) is 11.3. The van der Waals surface area contributed by atoms with Gasteiger partial charge in [-0.15, -0.1) is 0 Å². The molecular weight excluding hydrogens is 452 g/mol. The zero-order valence-electron chi connectivity index (χ0n) is 18.9. The van der Waals surface area contributed by atoms with Gasteiger partial charge < -0.3 is 4.74 Å². The molecule has 1 saturated carbocycles. The van der Waals surface area contributed by atoms with Crippen LogP contribution in [0.2, 0.25) is 0 Å². The number of rotatable bonds is 6. The Morgan fingerprint density at radius 2 is 1.94 bits per heavy atom. The summed E-state index contributed by atoms with van der Waals surface area (Å²) in [7, 11) is 1.85. The highest BCUT2D eigenvalue weighted by atomic mass is 19.3. The van der Waals surface area contributed by atoms with Crippen LogP contribution in [0.3, 0.4) is 0 Å². The van der Waals surface area contributed by atoms with Crippen molar-refractivity contribution < 1.29 is 13.5 Å². The number of pyridine rings is 3. The van der Waals surface area contributed by atoms with E-state index in [4.69, 9.17) is 4.74 Å². The fraction of sp³-hybridized carbons (Fsp3) is 0.231. The molecule has 0 radical (unpaired) electrons. The molecule has 1 aliphatic carbocycles. The minimum Gasteiger partial charge on any atom is -0.472 e. The van der Waals surface area contributed by atoms with Gasteiger partial charge >= 0.3 is 0 Å². The average molecular weight is 473 g/mol. The molecule has 1 aliphatic rings. The standard InChI is InChI=1S/C26H21F2N5O2/c1-32-13-18-10-16(4-7-22(18)31-32)20-11-17-5-9-24(35-14-23(27)28)30-25(17)33(26(20)34)19-6-8-21(29-12-19)15-2-3-15/h4-13,15,23H,2-3,14H2,1H3. The van der Waals surface area contributed by atoms with E-state index < -0.39 is 13.0 Å². The molecule has 0 N–H and O–H groups in total. The lowest BCUT2D eigenvalue weighted by Gasteiger charge is -2.14.